The second-order valence-electron chi connectivity index (χ2n) is 5.78. The van der Waals surface area contributed by atoms with Crippen molar-refractivity contribution in [1.82, 2.24) is 15.2 Å². The van der Waals surface area contributed by atoms with Crippen molar-refractivity contribution in [2.24, 2.45) is 5.10 Å². The zero-order chi connectivity index (χ0) is 20.1. The van der Waals surface area contributed by atoms with Crippen molar-refractivity contribution < 1.29 is 9.53 Å². The fraction of sp³-hybridized carbons (Fsp3) is 0.105. The Morgan fingerprint density at radius 2 is 2.00 bits per heavy atom. The molecule has 2 N–H and O–H groups in total. The lowest BCUT2D eigenvalue weighted by atomic mass is 10.3. The number of halogens is 2. The molecular weight excluding hydrogens is 403 g/mol. The molecule has 0 spiro atoms. The number of ether oxygens (including phenoxy) is 1. The van der Waals surface area contributed by atoms with E-state index in [2.05, 4.69) is 15.6 Å². The minimum absolute atomic E-state index is 0.274. The van der Waals surface area contributed by atoms with Crippen LogP contribution < -0.4 is 15.7 Å². The van der Waals surface area contributed by atoms with Crippen LogP contribution in [0, 0.1) is 6.92 Å². The summed E-state index contributed by atoms with van der Waals surface area (Å²) >= 11 is 11.8. The first-order valence-electron chi connectivity index (χ1n) is 8.22. The normalized spacial score (nSPS) is 11.0. The number of aromatic amines is 1. The van der Waals surface area contributed by atoms with Gasteiger partial charge in [-0.05, 0) is 31.2 Å². The molecule has 9 heteroatoms. The molecule has 0 bridgehead atoms. The van der Waals surface area contributed by atoms with Crippen LogP contribution in [0.3, 0.4) is 0 Å². The number of carbonyl (C=O) groups is 1. The summed E-state index contributed by atoms with van der Waals surface area (Å²) in [4.78, 5) is 24.4. The monoisotopic (exact) mass is 418 g/mol. The van der Waals surface area contributed by atoms with E-state index in [1.807, 2.05) is 18.2 Å². The number of hydrazone groups is 1. The van der Waals surface area contributed by atoms with Crippen LogP contribution in [-0.4, -0.2) is 28.5 Å². The Bertz CT molecular complexity index is 1070. The first-order chi connectivity index (χ1) is 13.5. The number of aryl methyl sites for hydroxylation is 1. The molecule has 0 radical (unpaired) electrons. The van der Waals surface area contributed by atoms with Crippen molar-refractivity contribution in [1.29, 1.82) is 0 Å². The topological polar surface area (TPSA) is 88.5 Å². The van der Waals surface area contributed by atoms with Crippen molar-refractivity contribution in [2.75, 3.05) is 6.61 Å². The van der Waals surface area contributed by atoms with E-state index in [0.717, 1.165) is 0 Å². The van der Waals surface area contributed by atoms with Gasteiger partial charge in [0, 0.05) is 16.8 Å². The van der Waals surface area contributed by atoms with Crippen LogP contribution >= 0.6 is 23.2 Å². The highest BCUT2D eigenvalue weighted by atomic mass is 35.5. The molecule has 1 amide bonds. The molecule has 144 valence electrons. The van der Waals surface area contributed by atoms with Crippen molar-refractivity contribution >= 4 is 35.3 Å². The summed E-state index contributed by atoms with van der Waals surface area (Å²) in [6, 6.07) is 13.8. The quantitative estimate of drug-likeness (QED) is 0.475. The predicted octanol–water partition coefficient (Wildman–Crippen LogP) is 3.31. The molecule has 3 aromatic rings. The Morgan fingerprint density at radius 1 is 1.25 bits per heavy atom. The predicted molar refractivity (Wildman–Crippen MR) is 109 cm³/mol. The first-order valence-corrected chi connectivity index (χ1v) is 8.98. The Morgan fingerprint density at radius 3 is 2.75 bits per heavy atom. The Hall–Kier alpha value is -3.03. The van der Waals surface area contributed by atoms with E-state index < -0.39 is 5.91 Å². The van der Waals surface area contributed by atoms with Gasteiger partial charge < -0.3 is 4.74 Å². The zero-order valence-electron chi connectivity index (χ0n) is 14.8. The number of amides is 1. The van der Waals surface area contributed by atoms with Crippen LogP contribution in [0.1, 0.15) is 11.3 Å². The SMILES string of the molecule is Cc1[nH]n(-c2ccccc2)c(=O)c1C=NNC(=O)COc1cc(Cl)ccc1Cl. The molecule has 0 saturated heterocycles. The lowest BCUT2D eigenvalue weighted by Crippen LogP contribution is -2.25. The third-order valence-electron chi connectivity index (χ3n) is 3.77. The zero-order valence-corrected chi connectivity index (χ0v) is 16.3. The van der Waals surface area contributed by atoms with E-state index in [4.69, 9.17) is 27.9 Å². The summed E-state index contributed by atoms with van der Waals surface area (Å²) in [7, 11) is 0. The summed E-state index contributed by atoms with van der Waals surface area (Å²) < 4.78 is 6.72. The number of aromatic nitrogens is 2. The minimum atomic E-state index is -0.510. The summed E-state index contributed by atoms with van der Waals surface area (Å²) in [5.74, 6) is -0.218. The maximum absolute atomic E-state index is 12.5. The molecule has 0 atom stereocenters. The lowest BCUT2D eigenvalue weighted by molar-refractivity contribution is -0.123. The van der Waals surface area contributed by atoms with E-state index in [9.17, 15) is 9.59 Å². The molecule has 7 nitrogen and oxygen atoms in total. The number of carbonyl (C=O) groups excluding carboxylic acids is 1. The number of nitrogens with zero attached hydrogens (tertiary/aromatic N) is 2. The molecule has 3 rings (SSSR count). The standard InChI is InChI=1S/C19H16Cl2N4O3/c1-12-15(19(27)25(24-12)14-5-3-2-4-6-14)10-22-23-18(26)11-28-17-9-13(20)7-8-16(17)21/h2-10,24H,11H2,1H3,(H,23,26). The Balaban J connectivity index is 1.63. The number of para-hydroxylation sites is 1. The van der Waals surface area contributed by atoms with Gasteiger partial charge in [-0.2, -0.15) is 5.10 Å². The third kappa shape index (κ3) is 4.62. The van der Waals surface area contributed by atoms with Gasteiger partial charge in [-0.1, -0.05) is 41.4 Å². The lowest BCUT2D eigenvalue weighted by Gasteiger charge is -2.07. The average Bonchev–Trinajstić information content (AvgIpc) is 2.97. The van der Waals surface area contributed by atoms with Gasteiger partial charge in [-0.3, -0.25) is 14.7 Å². The van der Waals surface area contributed by atoms with Crippen LogP contribution in [0.4, 0.5) is 0 Å². The summed E-state index contributed by atoms with van der Waals surface area (Å²) in [6.45, 7) is 1.44. The van der Waals surface area contributed by atoms with Gasteiger partial charge in [-0.15, -0.1) is 0 Å². The molecule has 1 aromatic heterocycles. The molecule has 1 heterocycles. The highest BCUT2D eigenvalue weighted by Crippen LogP contribution is 2.27. The van der Waals surface area contributed by atoms with Crippen LogP contribution in [0.5, 0.6) is 5.75 Å². The highest BCUT2D eigenvalue weighted by molar-refractivity contribution is 6.34. The first kappa shape index (κ1) is 19.7. The van der Waals surface area contributed by atoms with Crippen molar-refractivity contribution in [3.05, 3.63) is 80.2 Å². The second-order valence-corrected chi connectivity index (χ2v) is 6.63. The van der Waals surface area contributed by atoms with Crippen LogP contribution in [-0.2, 0) is 4.79 Å². The van der Waals surface area contributed by atoms with Gasteiger partial charge in [-0.25, -0.2) is 10.1 Å². The van der Waals surface area contributed by atoms with Gasteiger partial charge in [0.2, 0.25) is 0 Å². The largest absolute Gasteiger partial charge is 0.482 e. The molecule has 0 fully saturated rings. The fourth-order valence-electron chi connectivity index (χ4n) is 2.40. The average molecular weight is 419 g/mol. The molecule has 0 unspecified atom stereocenters. The molecule has 0 aliphatic carbocycles. The maximum Gasteiger partial charge on any atom is 0.280 e. The van der Waals surface area contributed by atoms with Crippen molar-refractivity contribution in [2.45, 2.75) is 6.92 Å². The summed E-state index contributed by atoms with van der Waals surface area (Å²) in [6.07, 6.45) is 1.29. The summed E-state index contributed by atoms with van der Waals surface area (Å²) in [5, 5.41) is 7.58. The van der Waals surface area contributed by atoms with Crippen molar-refractivity contribution in [3.63, 3.8) is 0 Å². The molecular formula is C19H16Cl2N4O3. The molecule has 0 aliphatic rings. The van der Waals surface area contributed by atoms with E-state index in [1.165, 1.54) is 17.0 Å². The van der Waals surface area contributed by atoms with E-state index in [0.29, 0.717) is 32.7 Å². The van der Waals surface area contributed by atoms with Gasteiger partial charge in [0.25, 0.3) is 11.5 Å². The highest BCUT2D eigenvalue weighted by Gasteiger charge is 2.11. The number of hydrogen-bond acceptors (Lipinski definition) is 4. The number of H-pyrrole nitrogens is 1. The maximum atomic E-state index is 12.5. The number of benzene rings is 2. The molecule has 0 saturated carbocycles. The minimum Gasteiger partial charge on any atom is -0.482 e. The molecule has 2 aromatic carbocycles. The third-order valence-corrected chi connectivity index (χ3v) is 4.31. The number of nitrogens with one attached hydrogen (secondary N) is 2. The van der Waals surface area contributed by atoms with Gasteiger partial charge in [0.05, 0.1) is 22.5 Å². The fourth-order valence-corrected chi connectivity index (χ4v) is 2.74. The van der Waals surface area contributed by atoms with Crippen molar-refractivity contribution in [3.8, 4) is 11.4 Å². The smallest absolute Gasteiger partial charge is 0.280 e. The molecule has 28 heavy (non-hydrogen) atoms. The van der Waals surface area contributed by atoms with Gasteiger partial charge in [0.15, 0.2) is 6.61 Å². The number of hydrogen-bond donors (Lipinski definition) is 2. The second kappa shape index (κ2) is 8.77. The van der Waals surface area contributed by atoms with E-state index >= 15 is 0 Å². The van der Waals surface area contributed by atoms with E-state index in [-0.39, 0.29) is 12.2 Å². The van der Waals surface area contributed by atoms with Crippen LogP contribution in [0.25, 0.3) is 5.69 Å². The van der Waals surface area contributed by atoms with E-state index in [1.54, 1.807) is 31.2 Å². The summed E-state index contributed by atoms with van der Waals surface area (Å²) in [5.41, 5.74) is 3.69. The van der Waals surface area contributed by atoms with Gasteiger partial charge in [0.1, 0.15) is 5.75 Å². The van der Waals surface area contributed by atoms with Gasteiger partial charge >= 0.3 is 0 Å². The van der Waals surface area contributed by atoms with Crippen LogP contribution in [0.2, 0.25) is 10.0 Å². The number of rotatable bonds is 6. The Kier molecular flexibility index (Phi) is 6.18. The Labute approximate surface area is 170 Å². The van der Waals surface area contributed by atoms with Crippen LogP contribution in [0.15, 0.2) is 58.4 Å². The molecule has 0 aliphatic heterocycles.